The van der Waals surface area contributed by atoms with E-state index < -0.39 is 15.0 Å². The van der Waals surface area contributed by atoms with Gasteiger partial charge < -0.3 is 4.90 Å². The number of hydrogen-bond acceptors (Lipinski definition) is 5. The summed E-state index contributed by atoms with van der Waals surface area (Å²) in [6, 6.07) is 4.84. The topological polar surface area (TPSA) is 101 Å². The molecular weight excluding hydrogens is 308 g/mol. The van der Waals surface area contributed by atoms with E-state index in [1.54, 1.807) is 12.1 Å². The van der Waals surface area contributed by atoms with E-state index in [2.05, 4.69) is 0 Å². The summed E-state index contributed by atoms with van der Waals surface area (Å²) in [5, 5.41) is 11.0. The highest BCUT2D eigenvalue weighted by molar-refractivity contribution is 7.85. The minimum Gasteiger partial charge on any atom is -0.368 e. The van der Waals surface area contributed by atoms with E-state index in [9.17, 15) is 18.5 Å². The molecule has 7 nitrogen and oxygen atoms in total. The maximum absolute atomic E-state index is 11.0. The zero-order chi connectivity index (χ0) is 16.7. The molecule has 1 unspecified atom stereocenters. The first-order chi connectivity index (χ1) is 10.0. The molecule has 1 aromatic carbocycles. The Morgan fingerprint density at radius 2 is 2.05 bits per heavy atom. The van der Waals surface area contributed by atoms with Gasteiger partial charge in [-0.1, -0.05) is 13.8 Å². The van der Waals surface area contributed by atoms with Crippen molar-refractivity contribution in [3.05, 3.63) is 33.9 Å². The molecule has 122 valence electrons. The molecule has 1 heterocycles. The maximum atomic E-state index is 11.0. The van der Waals surface area contributed by atoms with Crippen molar-refractivity contribution in [2.75, 3.05) is 17.2 Å². The zero-order valence-electron chi connectivity index (χ0n) is 12.8. The molecule has 8 heteroatoms. The summed E-state index contributed by atoms with van der Waals surface area (Å²) in [6.07, 6.45) is 0.301. The number of hydrogen-bond donors (Lipinski definition) is 1. The normalized spacial score (nSPS) is 20.0. The Hall–Kier alpha value is -1.67. The molecule has 1 aliphatic rings. The SMILES string of the molecule is CC1N(CCCS(=O)(=O)O)c2ccc([N+](=O)[O-])cc2C1(C)C. The molecule has 0 saturated heterocycles. The van der Waals surface area contributed by atoms with Gasteiger partial charge in [0, 0.05) is 35.8 Å². The number of nitrogens with zero attached hydrogens (tertiary/aromatic N) is 2. The summed E-state index contributed by atoms with van der Waals surface area (Å²) in [7, 11) is -3.97. The first-order valence-corrected chi connectivity index (χ1v) is 8.65. The smallest absolute Gasteiger partial charge is 0.269 e. The van der Waals surface area contributed by atoms with Gasteiger partial charge in [0.2, 0.25) is 0 Å². The van der Waals surface area contributed by atoms with Gasteiger partial charge >= 0.3 is 0 Å². The Labute approximate surface area is 129 Å². The highest BCUT2D eigenvalue weighted by Crippen LogP contribution is 2.46. The van der Waals surface area contributed by atoms with Gasteiger partial charge in [-0.25, -0.2) is 0 Å². The molecule has 0 amide bonds. The van der Waals surface area contributed by atoms with Crippen LogP contribution in [-0.2, 0) is 15.5 Å². The van der Waals surface area contributed by atoms with Crippen LogP contribution in [0, 0.1) is 10.1 Å². The molecule has 0 fully saturated rings. The predicted octanol–water partition coefficient (Wildman–Crippen LogP) is 2.36. The fourth-order valence-corrected chi connectivity index (χ4v) is 3.45. The number of fused-ring (bicyclic) bond motifs is 1. The maximum Gasteiger partial charge on any atom is 0.269 e. The lowest BCUT2D eigenvalue weighted by Gasteiger charge is -2.31. The second-order valence-corrected chi connectivity index (χ2v) is 7.76. The number of non-ortho nitro benzene ring substituents is 1. The van der Waals surface area contributed by atoms with Crippen molar-refractivity contribution in [3.63, 3.8) is 0 Å². The number of rotatable bonds is 5. The Morgan fingerprint density at radius 3 is 2.59 bits per heavy atom. The fourth-order valence-electron chi connectivity index (χ4n) is 2.96. The van der Waals surface area contributed by atoms with Gasteiger partial charge in [-0.15, -0.1) is 0 Å². The van der Waals surface area contributed by atoms with Crippen molar-refractivity contribution in [2.24, 2.45) is 0 Å². The molecule has 0 spiro atoms. The second-order valence-electron chi connectivity index (χ2n) is 6.19. The fraction of sp³-hybridized carbons (Fsp3) is 0.571. The first-order valence-electron chi connectivity index (χ1n) is 7.05. The molecule has 1 atom stereocenters. The zero-order valence-corrected chi connectivity index (χ0v) is 13.6. The number of benzene rings is 1. The van der Waals surface area contributed by atoms with Gasteiger partial charge in [0.15, 0.2) is 0 Å². The summed E-state index contributed by atoms with van der Waals surface area (Å²) >= 11 is 0. The lowest BCUT2D eigenvalue weighted by molar-refractivity contribution is -0.384. The van der Waals surface area contributed by atoms with Crippen molar-refractivity contribution < 1.29 is 17.9 Å². The lowest BCUT2D eigenvalue weighted by atomic mass is 9.81. The van der Waals surface area contributed by atoms with Gasteiger partial charge in [0.05, 0.1) is 10.7 Å². The molecule has 0 aliphatic carbocycles. The van der Waals surface area contributed by atoms with Gasteiger partial charge in [-0.05, 0) is 25.0 Å². The average molecular weight is 328 g/mol. The first kappa shape index (κ1) is 16.7. The van der Waals surface area contributed by atoms with E-state index in [1.165, 1.54) is 6.07 Å². The largest absolute Gasteiger partial charge is 0.368 e. The van der Waals surface area contributed by atoms with E-state index in [4.69, 9.17) is 4.55 Å². The number of anilines is 1. The quantitative estimate of drug-likeness (QED) is 0.506. The van der Waals surface area contributed by atoms with E-state index in [0.717, 1.165) is 11.3 Å². The minimum absolute atomic E-state index is 0.0545. The molecule has 1 aliphatic heterocycles. The van der Waals surface area contributed by atoms with Crippen LogP contribution in [0.3, 0.4) is 0 Å². The van der Waals surface area contributed by atoms with Crippen molar-refractivity contribution in [1.29, 1.82) is 0 Å². The summed E-state index contributed by atoms with van der Waals surface area (Å²) < 4.78 is 30.5. The molecule has 1 aromatic rings. The van der Waals surface area contributed by atoms with Crippen LogP contribution in [0.2, 0.25) is 0 Å². The molecule has 0 radical (unpaired) electrons. The molecule has 0 aromatic heterocycles. The summed E-state index contributed by atoms with van der Waals surface area (Å²) in [4.78, 5) is 12.6. The van der Waals surface area contributed by atoms with Crippen LogP contribution in [0.1, 0.15) is 32.8 Å². The second kappa shape index (κ2) is 5.51. The van der Waals surface area contributed by atoms with Gasteiger partial charge in [0.25, 0.3) is 15.8 Å². The number of nitro benzene ring substituents is 1. The van der Waals surface area contributed by atoms with E-state index in [-0.39, 0.29) is 22.9 Å². The Kier molecular flexibility index (Phi) is 4.18. The van der Waals surface area contributed by atoms with E-state index >= 15 is 0 Å². The third-order valence-electron chi connectivity index (χ3n) is 4.51. The summed E-state index contributed by atoms with van der Waals surface area (Å²) in [6.45, 7) is 6.51. The van der Waals surface area contributed by atoms with Gasteiger partial charge in [0.1, 0.15) is 0 Å². The van der Waals surface area contributed by atoms with Crippen LogP contribution < -0.4 is 4.90 Å². The summed E-state index contributed by atoms with van der Waals surface area (Å²) in [5.74, 6) is -0.293. The minimum atomic E-state index is -3.97. The number of nitro groups is 1. The van der Waals surface area contributed by atoms with Crippen LogP contribution >= 0.6 is 0 Å². The monoisotopic (exact) mass is 328 g/mol. The van der Waals surface area contributed by atoms with Crippen LogP contribution in [0.25, 0.3) is 0 Å². The molecule has 1 N–H and O–H groups in total. The third kappa shape index (κ3) is 3.07. The highest BCUT2D eigenvalue weighted by atomic mass is 32.2. The Morgan fingerprint density at radius 1 is 1.41 bits per heavy atom. The molecule has 0 saturated carbocycles. The van der Waals surface area contributed by atoms with E-state index in [0.29, 0.717) is 13.0 Å². The van der Waals surface area contributed by atoms with Crippen LogP contribution in [-0.4, -0.2) is 36.2 Å². The Bertz CT molecular complexity index is 699. The van der Waals surface area contributed by atoms with Crippen LogP contribution in [0.15, 0.2) is 18.2 Å². The average Bonchev–Trinajstić information content (AvgIpc) is 2.58. The molecule has 22 heavy (non-hydrogen) atoms. The predicted molar refractivity (Wildman–Crippen MR) is 84.0 cm³/mol. The van der Waals surface area contributed by atoms with Gasteiger partial charge in [-0.2, -0.15) is 8.42 Å². The standard InChI is InChI=1S/C14H20N2O5S/c1-10-14(2,3)12-9-11(16(17)18)5-6-13(12)15(10)7-4-8-22(19,20)21/h5-6,9-10H,4,7-8H2,1-3H3,(H,19,20,21). The van der Waals surface area contributed by atoms with Crippen molar-refractivity contribution in [2.45, 2.75) is 38.6 Å². The van der Waals surface area contributed by atoms with Crippen molar-refractivity contribution in [1.82, 2.24) is 0 Å². The van der Waals surface area contributed by atoms with E-state index in [1.807, 2.05) is 25.7 Å². The highest BCUT2D eigenvalue weighted by Gasteiger charge is 2.42. The lowest BCUT2D eigenvalue weighted by Crippen LogP contribution is -2.39. The van der Waals surface area contributed by atoms with Crippen molar-refractivity contribution in [3.8, 4) is 0 Å². The molecule has 2 rings (SSSR count). The Balaban J connectivity index is 2.30. The molecule has 0 bridgehead atoms. The molecular formula is C14H20N2O5S. The van der Waals surface area contributed by atoms with Gasteiger partial charge in [-0.3, -0.25) is 14.7 Å². The summed E-state index contributed by atoms with van der Waals surface area (Å²) in [5.41, 5.74) is 1.55. The third-order valence-corrected chi connectivity index (χ3v) is 5.31. The van der Waals surface area contributed by atoms with Crippen molar-refractivity contribution >= 4 is 21.5 Å². The van der Waals surface area contributed by atoms with Crippen LogP contribution in [0.4, 0.5) is 11.4 Å². The van der Waals surface area contributed by atoms with Crippen LogP contribution in [0.5, 0.6) is 0 Å².